The van der Waals surface area contributed by atoms with Crippen LogP contribution >= 0.6 is 0 Å². The van der Waals surface area contributed by atoms with Crippen molar-refractivity contribution in [2.75, 3.05) is 20.6 Å². The Morgan fingerprint density at radius 2 is 1.72 bits per heavy atom. The number of nitrogens with two attached hydrogens (primary N) is 1. The van der Waals surface area contributed by atoms with Gasteiger partial charge < -0.3 is 10.6 Å². The van der Waals surface area contributed by atoms with Crippen LogP contribution in [0.1, 0.15) is 12.5 Å². The monoisotopic (exact) mass is 242 g/mol. The van der Waals surface area contributed by atoms with E-state index in [1.807, 2.05) is 0 Å². The van der Waals surface area contributed by atoms with Crippen LogP contribution in [-0.4, -0.2) is 31.1 Å². The van der Waals surface area contributed by atoms with Crippen molar-refractivity contribution in [2.24, 2.45) is 5.73 Å². The third kappa shape index (κ3) is 2.40. The first kappa shape index (κ1) is 13.1. The molecular weight excluding hydrogens is 220 g/mol. The predicted molar refractivity (Wildman–Crippen MR) is 78.8 cm³/mol. The molecule has 0 fully saturated rings. The molecule has 0 saturated carbocycles. The van der Waals surface area contributed by atoms with Gasteiger partial charge in [0.15, 0.2) is 0 Å². The summed E-state index contributed by atoms with van der Waals surface area (Å²) < 4.78 is 0. The summed E-state index contributed by atoms with van der Waals surface area (Å²) in [6, 6.07) is 15.0. The van der Waals surface area contributed by atoms with E-state index in [1.165, 1.54) is 16.3 Å². The van der Waals surface area contributed by atoms with Gasteiger partial charge in [-0.3, -0.25) is 0 Å². The summed E-state index contributed by atoms with van der Waals surface area (Å²) >= 11 is 0. The van der Waals surface area contributed by atoms with Gasteiger partial charge in [0.2, 0.25) is 0 Å². The van der Waals surface area contributed by atoms with Crippen LogP contribution in [0.25, 0.3) is 10.8 Å². The van der Waals surface area contributed by atoms with E-state index in [9.17, 15) is 0 Å². The summed E-state index contributed by atoms with van der Waals surface area (Å²) in [7, 11) is 4.19. The first-order chi connectivity index (χ1) is 8.57. The summed E-state index contributed by atoms with van der Waals surface area (Å²) in [6.45, 7) is 2.87. The minimum absolute atomic E-state index is 0.00409. The second kappa shape index (κ2) is 5.09. The van der Waals surface area contributed by atoms with Crippen molar-refractivity contribution in [1.29, 1.82) is 0 Å². The number of hydrogen-bond donors (Lipinski definition) is 1. The highest BCUT2D eigenvalue weighted by atomic mass is 15.1. The largest absolute Gasteiger partial charge is 0.329 e. The van der Waals surface area contributed by atoms with E-state index in [0.29, 0.717) is 6.54 Å². The molecule has 0 aliphatic rings. The van der Waals surface area contributed by atoms with Crippen molar-refractivity contribution in [3.63, 3.8) is 0 Å². The van der Waals surface area contributed by atoms with Gasteiger partial charge in [0.25, 0.3) is 0 Å². The predicted octanol–water partition coefficient (Wildman–Crippen LogP) is 2.66. The lowest BCUT2D eigenvalue weighted by Gasteiger charge is -2.35. The van der Waals surface area contributed by atoms with Gasteiger partial charge in [0.05, 0.1) is 0 Å². The third-order valence-corrected chi connectivity index (χ3v) is 3.97. The maximum Gasteiger partial charge on any atom is 0.0337 e. The normalized spacial score (nSPS) is 14.9. The lowest BCUT2D eigenvalue weighted by molar-refractivity contribution is 0.181. The first-order valence-corrected chi connectivity index (χ1v) is 6.41. The minimum atomic E-state index is 0.00409. The molecular formula is C16H22N2. The van der Waals surface area contributed by atoms with E-state index in [2.05, 4.69) is 68.4 Å². The van der Waals surface area contributed by atoms with E-state index in [1.54, 1.807) is 0 Å². The van der Waals surface area contributed by atoms with Gasteiger partial charge >= 0.3 is 0 Å². The van der Waals surface area contributed by atoms with Crippen LogP contribution in [0.5, 0.6) is 0 Å². The van der Waals surface area contributed by atoms with Gasteiger partial charge in [-0.2, -0.15) is 0 Å². The zero-order valence-electron chi connectivity index (χ0n) is 11.5. The second-order valence-corrected chi connectivity index (χ2v) is 5.41. The topological polar surface area (TPSA) is 29.3 Å². The fourth-order valence-corrected chi connectivity index (χ4v) is 2.27. The van der Waals surface area contributed by atoms with Gasteiger partial charge in [0, 0.05) is 12.1 Å². The second-order valence-electron chi connectivity index (χ2n) is 5.41. The average molecular weight is 242 g/mol. The third-order valence-electron chi connectivity index (χ3n) is 3.97. The molecule has 1 atom stereocenters. The summed E-state index contributed by atoms with van der Waals surface area (Å²) in [4.78, 5) is 2.22. The Balaban J connectivity index is 2.43. The van der Waals surface area contributed by atoms with Crippen molar-refractivity contribution in [3.05, 3.63) is 48.0 Å². The summed E-state index contributed by atoms with van der Waals surface area (Å²) in [5.41, 5.74) is 7.33. The fourth-order valence-electron chi connectivity index (χ4n) is 2.27. The SMILES string of the molecule is CN(C)C(C)(CN)Cc1cccc2ccccc12. The number of nitrogens with zero attached hydrogens (tertiary/aromatic N) is 1. The number of hydrogen-bond acceptors (Lipinski definition) is 2. The zero-order valence-corrected chi connectivity index (χ0v) is 11.5. The van der Waals surface area contributed by atoms with Crippen molar-refractivity contribution in [2.45, 2.75) is 18.9 Å². The Morgan fingerprint density at radius 3 is 2.39 bits per heavy atom. The van der Waals surface area contributed by atoms with E-state index in [0.717, 1.165) is 6.42 Å². The number of likely N-dealkylation sites (N-methyl/N-ethyl adjacent to an activating group) is 1. The average Bonchev–Trinajstić information content (AvgIpc) is 2.39. The van der Waals surface area contributed by atoms with Crippen molar-refractivity contribution < 1.29 is 0 Å². The van der Waals surface area contributed by atoms with Crippen LogP contribution < -0.4 is 5.73 Å². The zero-order chi connectivity index (χ0) is 13.2. The maximum absolute atomic E-state index is 5.96. The Kier molecular flexibility index (Phi) is 3.69. The smallest absolute Gasteiger partial charge is 0.0337 e. The van der Waals surface area contributed by atoms with Crippen molar-refractivity contribution >= 4 is 10.8 Å². The Morgan fingerprint density at radius 1 is 1.06 bits per heavy atom. The molecule has 0 amide bonds. The van der Waals surface area contributed by atoms with Crippen molar-refractivity contribution in [1.82, 2.24) is 4.90 Å². The van der Waals surface area contributed by atoms with Gasteiger partial charge in [-0.05, 0) is 43.8 Å². The summed E-state index contributed by atoms with van der Waals surface area (Å²) in [6.07, 6.45) is 0.970. The number of fused-ring (bicyclic) bond motifs is 1. The molecule has 0 saturated heterocycles. The van der Waals surface area contributed by atoms with E-state index in [-0.39, 0.29) is 5.54 Å². The van der Waals surface area contributed by atoms with E-state index >= 15 is 0 Å². The minimum Gasteiger partial charge on any atom is -0.329 e. The summed E-state index contributed by atoms with van der Waals surface area (Å²) in [5, 5.41) is 2.63. The lowest BCUT2D eigenvalue weighted by atomic mass is 9.89. The quantitative estimate of drug-likeness (QED) is 0.893. The molecule has 18 heavy (non-hydrogen) atoms. The highest BCUT2D eigenvalue weighted by molar-refractivity contribution is 5.85. The molecule has 2 nitrogen and oxygen atoms in total. The van der Waals surface area contributed by atoms with Gasteiger partial charge in [-0.25, -0.2) is 0 Å². The summed E-state index contributed by atoms with van der Waals surface area (Å²) in [5.74, 6) is 0. The number of rotatable bonds is 4. The Bertz CT molecular complexity index is 528. The molecule has 0 aromatic heterocycles. The molecule has 0 aliphatic carbocycles. The van der Waals surface area contributed by atoms with Crippen LogP contribution in [-0.2, 0) is 6.42 Å². The molecule has 2 heteroatoms. The Hall–Kier alpha value is -1.38. The molecule has 2 N–H and O–H groups in total. The molecule has 0 heterocycles. The molecule has 2 aromatic rings. The molecule has 2 aromatic carbocycles. The fraction of sp³-hybridized carbons (Fsp3) is 0.375. The molecule has 96 valence electrons. The van der Waals surface area contributed by atoms with Crippen molar-refractivity contribution in [3.8, 4) is 0 Å². The van der Waals surface area contributed by atoms with Gasteiger partial charge in [-0.1, -0.05) is 42.5 Å². The standard InChI is InChI=1S/C16H22N2/c1-16(12-17,18(2)3)11-14-9-6-8-13-7-4-5-10-15(13)14/h4-10H,11-12,17H2,1-3H3. The van der Waals surface area contributed by atoms with Crippen LogP contribution in [0.3, 0.4) is 0 Å². The molecule has 1 unspecified atom stereocenters. The highest BCUT2D eigenvalue weighted by Gasteiger charge is 2.25. The molecule has 0 bridgehead atoms. The van der Waals surface area contributed by atoms with E-state index in [4.69, 9.17) is 5.73 Å². The van der Waals surface area contributed by atoms with Crippen LogP contribution in [0.2, 0.25) is 0 Å². The van der Waals surface area contributed by atoms with Gasteiger partial charge in [-0.15, -0.1) is 0 Å². The van der Waals surface area contributed by atoms with E-state index < -0.39 is 0 Å². The molecule has 2 rings (SSSR count). The van der Waals surface area contributed by atoms with Gasteiger partial charge in [0.1, 0.15) is 0 Å². The van der Waals surface area contributed by atoms with Crippen LogP contribution in [0.4, 0.5) is 0 Å². The Labute approximate surface area is 109 Å². The number of benzene rings is 2. The molecule has 0 spiro atoms. The van der Waals surface area contributed by atoms with Crippen LogP contribution in [0.15, 0.2) is 42.5 Å². The maximum atomic E-state index is 5.96. The first-order valence-electron chi connectivity index (χ1n) is 6.41. The molecule has 0 radical (unpaired) electrons. The molecule has 0 aliphatic heterocycles. The highest BCUT2D eigenvalue weighted by Crippen LogP contribution is 2.24. The lowest BCUT2D eigenvalue weighted by Crippen LogP contribution is -2.49. The van der Waals surface area contributed by atoms with Crippen LogP contribution in [0, 0.1) is 0 Å².